The van der Waals surface area contributed by atoms with Gasteiger partial charge in [0.25, 0.3) is 10.2 Å². The lowest BCUT2D eigenvalue weighted by molar-refractivity contribution is 0.0690. The molecule has 2 aromatic heterocycles. The molecule has 0 unspecified atom stereocenters. The first-order valence-corrected chi connectivity index (χ1v) is 19.1. The van der Waals surface area contributed by atoms with Gasteiger partial charge in [-0.3, -0.25) is 4.68 Å². The minimum Gasteiger partial charge on any atom is -0.493 e. The SMILES string of the molecule is Cc1nn(C)c(COc2ccc(N3CCN(S(=O)(=O)N(C)C)CC3)cc2)c1-c1cccc2c(CCCOc3cccc4ccccc34)c(C(=O)O)[nH]c12. The number of fused-ring (bicyclic) bond motifs is 2. The molecule has 1 aliphatic rings. The number of benzene rings is 4. The molecule has 1 saturated heterocycles. The van der Waals surface area contributed by atoms with Gasteiger partial charge in [-0.25, -0.2) is 4.79 Å². The van der Waals surface area contributed by atoms with Crippen molar-refractivity contribution >= 4 is 43.5 Å². The second kappa shape index (κ2) is 14.9. The number of nitrogens with one attached hydrogen (secondary N) is 1. The van der Waals surface area contributed by atoms with Crippen molar-refractivity contribution in [1.29, 1.82) is 0 Å². The number of para-hydroxylation sites is 1. The highest BCUT2D eigenvalue weighted by Gasteiger charge is 2.29. The van der Waals surface area contributed by atoms with Crippen molar-refractivity contribution in [2.75, 3.05) is 51.8 Å². The number of hydrogen-bond donors (Lipinski definition) is 2. The van der Waals surface area contributed by atoms with Gasteiger partial charge >= 0.3 is 5.97 Å². The van der Waals surface area contributed by atoms with E-state index in [0.29, 0.717) is 51.4 Å². The van der Waals surface area contributed by atoms with Gasteiger partial charge in [0, 0.05) is 74.9 Å². The number of nitrogens with zero attached hydrogens (tertiary/aromatic N) is 5. The lowest BCUT2D eigenvalue weighted by Crippen LogP contribution is -2.51. The molecular weight excluding hydrogens is 693 g/mol. The van der Waals surface area contributed by atoms with Crippen LogP contribution < -0.4 is 14.4 Å². The molecule has 12 nitrogen and oxygen atoms in total. The van der Waals surface area contributed by atoms with Crippen LogP contribution in [0.3, 0.4) is 0 Å². The molecule has 6 aromatic rings. The number of aromatic nitrogens is 3. The Labute approximate surface area is 309 Å². The summed E-state index contributed by atoms with van der Waals surface area (Å²) in [4.78, 5) is 17.9. The number of ether oxygens (including phenoxy) is 2. The Bertz CT molecular complexity index is 2370. The average Bonchev–Trinajstić information content (AvgIpc) is 3.68. The highest BCUT2D eigenvalue weighted by Crippen LogP contribution is 2.36. The van der Waals surface area contributed by atoms with Crippen molar-refractivity contribution < 1.29 is 27.8 Å². The van der Waals surface area contributed by atoms with Crippen LogP contribution in [0, 0.1) is 6.92 Å². The molecule has 276 valence electrons. The Morgan fingerprint density at radius 2 is 1.60 bits per heavy atom. The highest BCUT2D eigenvalue weighted by atomic mass is 32.2. The summed E-state index contributed by atoms with van der Waals surface area (Å²) in [6.45, 7) is 4.67. The molecule has 1 fully saturated rings. The zero-order valence-corrected chi connectivity index (χ0v) is 31.2. The first kappa shape index (κ1) is 36.0. The van der Waals surface area contributed by atoms with Crippen molar-refractivity contribution in [3.8, 4) is 22.6 Å². The van der Waals surface area contributed by atoms with E-state index in [1.165, 1.54) is 8.61 Å². The van der Waals surface area contributed by atoms with Crippen LogP contribution in [0.25, 0.3) is 32.8 Å². The maximum absolute atomic E-state index is 12.5. The van der Waals surface area contributed by atoms with E-state index in [-0.39, 0.29) is 12.3 Å². The van der Waals surface area contributed by atoms with E-state index in [1.54, 1.807) is 14.1 Å². The number of hydrogen-bond acceptors (Lipinski definition) is 7. The number of aryl methyl sites for hydroxylation is 3. The number of aromatic carboxylic acids is 1. The molecule has 13 heteroatoms. The second-order valence-corrected chi connectivity index (χ2v) is 15.6. The van der Waals surface area contributed by atoms with E-state index in [2.05, 4.69) is 22.0 Å². The minimum absolute atomic E-state index is 0.179. The molecular formula is C40H44N6O6S. The third-order valence-electron chi connectivity index (χ3n) is 9.95. The maximum atomic E-state index is 12.5. The number of rotatable bonds is 13. The highest BCUT2D eigenvalue weighted by molar-refractivity contribution is 7.86. The van der Waals surface area contributed by atoms with Gasteiger partial charge in [0.15, 0.2) is 0 Å². The van der Waals surface area contributed by atoms with Gasteiger partial charge in [-0.2, -0.15) is 22.1 Å². The van der Waals surface area contributed by atoms with Gasteiger partial charge in [-0.1, -0.05) is 54.6 Å². The molecule has 0 amide bonds. The predicted molar refractivity (Wildman–Crippen MR) is 207 cm³/mol. The Balaban J connectivity index is 1.06. The summed E-state index contributed by atoms with van der Waals surface area (Å²) in [5.41, 5.74) is 6.08. The van der Waals surface area contributed by atoms with Crippen LogP contribution in [0.5, 0.6) is 11.5 Å². The molecule has 0 aliphatic carbocycles. The Kier molecular flexibility index (Phi) is 10.1. The van der Waals surface area contributed by atoms with Crippen LogP contribution in [-0.4, -0.2) is 89.7 Å². The number of piperazine rings is 1. The van der Waals surface area contributed by atoms with Crippen LogP contribution in [0.4, 0.5) is 5.69 Å². The smallest absolute Gasteiger partial charge is 0.352 e. The summed E-state index contributed by atoms with van der Waals surface area (Å²) in [5.74, 6) is 0.494. The van der Waals surface area contributed by atoms with Crippen LogP contribution in [0.1, 0.15) is 33.9 Å². The molecule has 3 heterocycles. The number of carboxylic acids is 1. The van der Waals surface area contributed by atoms with E-state index in [0.717, 1.165) is 61.2 Å². The molecule has 53 heavy (non-hydrogen) atoms. The van der Waals surface area contributed by atoms with Gasteiger partial charge in [0.05, 0.1) is 23.5 Å². The fourth-order valence-electron chi connectivity index (χ4n) is 7.21. The average molecular weight is 737 g/mol. The summed E-state index contributed by atoms with van der Waals surface area (Å²) in [6, 6.07) is 27.8. The molecule has 4 aromatic carbocycles. The zero-order chi connectivity index (χ0) is 37.3. The maximum Gasteiger partial charge on any atom is 0.352 e. The normalized spacial score (nSPS) is 14.0. The summed E-state index contributed by atoms with van der Waals surface area (Å²) in [5, 5.41) is 18.0. The summed E-state index contributed by atoms with van der Waals surface area (Å²) < 4.78 is 42.1. The number of carbonyl (C=O) groups is 1. The van der Waals surface area contributed by atoms with Crippen LogP contribution in [-0.2, 0) is 30.3 Å². The lowest BCUT2D eigenvalue weighted by Gasteiger charge is -2.36. The molecule has 7 rings (SSSR count). The number of H-pyrrole nitrogens is 1. The van der Waals surface area contributed by atoms with Gasteiger partial charge in [0.1, 0.15) is 23.8 Å². The summed E-state index contributed by atoms with van der Waals surface area (Å²) in [6.07, 6.45) is 1.16. The third-order valence-corrected chi connectivity index (χ3v) is 11.9. The Hall–Kier alpha value is -5.37. The van der Waals surface area contributed by atoms with Crippen molar-refractivity contribution in [3.63, 3.8) is 0 Å². The number of aromatic amines is 1. The van der Waals surface area contributed by atoms with E-state index in [1.807, 2.05) is 91.4 Å². The standard InChI is InChI=1S/C40H44N6O6S/c1-27-37(35(44(4)42-27)26-52-30-19-17-29(18-20-30)45-21-23-46(24-22-45)53(49,50)43(2)3)34-14-8-13-32-33(39(40(47)48)41-38(32)34)15-9-25-51-36-16-7-11-28-10-5-6-12-31(28)36/h5-8,10-14,16-20,41H,9,15,21-26H2,1-4H3,(H,47,48). The lowest BCUT2D eigenvalue weighted by atomic mass is 9.98. The van der Waals surface area contributed by atoms with E-state index < -0.39 is 16.2 Å². The predicted octanol–water partition coefficient (Wildman–Crippen LogP) is 6.25. The second-order valence-electron chi connectivity index (χ2n) is 13.4. The number of carboxylic acid groups (broad SMARTS) is 1. The first-order valence-electron chi connectivity index (χ1n) is 17.7. The summed E-state index contributed by atoms with van der Waals surface area (Å²) >= 11 is 0. The van der Waals surface area contributed by atoms with Gasteiger partial charge < -0.3 is 24.5 Å². The molecule has 0 bridgehead atoms. The molecule has 1 aliphatic heterocycles. The molecule has 0 atom stereocenters. The van der Waals surface area contributed by atoms with E-state index in [4.69, 9.17) is 14.6 Å². The topological polar surface area (TPSA) is 133 Å². The van der Waals surface area contributed by atoms with Crippen LogP contribution >= 0.6 is 0 Å². The molecule has 2 N–H and O–H groups in total. The van der Waals surface area contributed by atoms with Gasteiger partial charge in [-0.05, 0) is 61.0 Å². The van der Waals surface area contributed by atoms with Crippen molar-refractivity contribution in [3.05, 3.63) is 108 Å². The molecule has 0 radical (unpaired) electrons. The van der Waals surface area contributed by atoms with Gasteiger partial charge in [0.2, 0.25) is 0 Å². The quantitative estimate of drug-likeness (QED) is 0.133. The minimum atomic E-state index is -3.43. The summed E-state index contributed by atoms with van der Waals surface area (Å²) in [7, 11) is 1.56. The van der Waals surface area contributed by atoms with Crippen molar-refractivity contribution in [2.45, 2.75) is 26.4 Å². The Morgan fingerprint density at radius 1 is 0.906 bits per heavy atom. The van der Waals surface area contributed by atoms with E-state index in [9.17, 15) is 18.3 Å². The van der Waals surface area contributed by atoms with Crippen molar-refractivity contribution in [2.24, 2.45) is 7.05 Å². The Morgan fingerprint density at radius 3 is 2.34 bits per heavy atom. The molecule has 0 spiro atoms. The van der Waals surface area contributed by atoms with Gasteiger partial charge in [-0.15, -0.1) is 0 Å². The third kappa shape index (κ3) is 7.19. The number of anilines is 1. The van der Waals surface area contributed by atoms with E-state index >= 15 is 0 Å². The molecule has 0 saturated carbocycles. The largest absolute Gasteiger partial charge is 0.493 e. The van der Waals surface area contributed by atoms with Crippen LogP contribution in [0.2, 0.25) is 0 Å². The zero-order valence-electron chi connectivity index (χ0n) is 30.4. The van der Waals surface area contributed by atoms with Crippen molar-refractivity contribution in [1.82, 2.24) is 23.4 Å². The monoisotopic (exact) mass is 736 g/mol. The first-order chi connectivity index (χ1) is 25.5. The fourth-order valence-corrected chi connectivity index (χ4v) is 8.30. The fraction of sp³-hybridized carbons (Fsp3) is 0.300. The van der Waals surface area contributed by atoms with Crippen LogP contribution in [0.15, 0.2) is 84.9 Å².